The van der Waals surface area contributed by atoms with E-state index in [1.807, 2.05) is 0 Å². The summed E-state index contributed by atoms with van der Waals surface area (Å²) in [5.41, 5.74) is -1.23. The highest BCUT2D eigenvalue weighted by Gasteiger charge is 2.33. The van der Waals surface area contributed by atoms with Crippen molar-refractivity contribution in [2.75, 3.05) is 5.33 Å². The Labute approximate surface area is 98.8 Å². The number of hydrogen-bond acceptors (Lipinski definition) is 0. The first-order chi connectivity index (χ1) is 7.45. The Balaban J connectivity index is 3.15. The summed E-state index contributed by atoms with van der Waals surface area (Å²) < 4.78 is 50.2. The van der Waals surface area contributed by atoms with E-state index < -0.39 is 17.6 Å². The van der Waals surface area contributed by atoms with Gasteiger partial charge in [-0.2, -0.15) is 13.2 Å². The first-order valence-electron chi connectivity index (χ1n) is 4.36. The lowest BCUT2D eigenvalue weighted by Crippen LogP contribution is -2.08. The Morgan fingerprint density at radius 3 is 2.50 bits per heavy atom. The molecule has 0 N–H and O–H groups in total. The molecule has 0 atom stereocenters. The summed E-state index contributed by atoms with van der Waals surface area (Å²) in [6, 6.07) is 2.46. The summed E-state index contributed by atoms with van der Waals surface area (Å²) >= 11 is 3.11. The molecule has 0 nitrogen and oxygen atoms in total. The SMILES string of the molecule is Fc1ccc(C#CCCBr)c(C(F)(F)F)c1. The van der Waals surface area contributed by atoms with Crippen molar-refractivity contribution in [1.82, 2.24) is 0 Å². The molecule has 0 radical (unpaired) electrons. The number of benzene rings is 1. The maximum atomic E-state index is 12.7. The van der Waals surface area contributed by atoms with Crippen molar-refractivity contribution in [1.29, 1.82) is 0 Å². The largest absolute Gasteiger partial charge is 0.417 e. The molecule has 0 aliphatic heterocycles. The molecule has 0 fully saturated rings. The van der Waals surface area contributed by atoms with Crippen LogP contribution in [0.1, 0.15) is 17.5 Å². The molecule has 0 spiro atoms. The van der Waals surface area contributed by atoms with E-state index in [1.165, 1.54) is 0 Å². The lowest BCUT2D eigenvalue weighted by atomic mass is 10.1. The molecular weight excluding hydrogens is 288 g/mol. The van der Waals surface area contributed by atoms with E-state index in [2.05, 4.69) is 27.8 Å². The predicted octanol–water partition coefficient (Wildman–Crippen LogP) is 3.98. The zero-order valence-corrected chi connectivity index (χ0v) is 9.62. The van der Waals surface area contributed by atoms with Crippen LogP contribution in [0.4, 0.5) is 17.6 Å². The number of hydrogen-bond donors (Lipinski definition) is 0. The van der Waals surface area contributed by atoms with Gasteiger partial charge in [0, 0.05) is 17.3 Å². The quantitative estimate of drug-likeness (QED) is 0.417. The molecule has 86 valence electrons. The molecule has 0 saturated heterocycles. The van der Waals surface area contributed by atoms with Crippen LogP contribution in [0, 0.1) is 17.7 Å². The zero-order valence-electron chi connectivity index (χ0n) is 8.04. The molecule has 0 saturated carbocycles. The Hall–Kier alpha value is -1.02. The van der Waals surface area contributed by atoms with Crippen LogP contribution in [0.25, 0.3) is 0 Å². The topological polar surface area (TPSA) is 0 Å². The van der Waals surface area contributed by atoms with E-state index in [-0.39, 0.29) is 5.56 Å². The van der Waals surface area contributed by atoms with Gasteiger partial charge in [-0.25, -0.2) is 4.39 Å². The van der Waals surface area contributed by atoms with E-state index in [4.69, 9.17) is 0 Å². The lowest BCUT2D eigenvalue weighted by Gasteiger charge is -2.08. The van der Waals surface area contributed by atoms with E-state index >= 15 is 0 Å². The molecule has 1 aromatic carbocycles. The van der Waals surface area contributed by atoms with E-state index in [1.54, 1.807) is 0 Å². The fourth-order valence-corrected chi connectivity index (χ4v) is 1.26. The lowest BCUT2D eigenvalue weighted by molar-refractivity contribution is -0.137. The normalized spacial score (nSPS) is 10.8. The highest BCUT2D eigenvalue weighted by Crippen LogP contribution is 2.32. The molecular formula is C11H7BrF4. The second-order valence-corrected chi connectivity index (χ2v) is 3.72. The van der Waals surface area contributed by atoms with Gasteiger partial charge in [-0.05, 0) is 18.2 Å². The van der Waals surface area contributed by atoms with Gasteiger partial charge >= 0.3 is 6.18 Å². The van der Waals surface area contributed by atoms with Crippen molar-refractivity contribution in [2.45, 2.75) is 12.6 Å². The van der Waals surface area contributed by atoms with Crippen LogP contribution in [-0.4, -0.2) is 5.33 Å². The molecule has 1 aromatic rings. The monoisotopic (exact) mass is 294 g/mol. The fourth-order valence-electron chi connectivity index (χ4n) is 1.06. The van der Waals surface area contributed by atoms with Gasteiger partial charge < -0.3 is 0 Å². The molecule has 0 aliphatic carbocycles. The van der Waals surface area contributed by atoms with Crippen LogP contribution in [0.5, 0.6) is 0 Å². The van der Waals surface area contributed by atoms with Crippen molar-refractivity contribution in [3.05, 3.63) is 35.1 Å². The highest BCUT2D eigenvalue weighted by atomic mass is 79.9. The minimum atomic E-state index is -4.58. The Morgan fingerprint density at radius 1 is 1.25 bits per heavy atom. The summed E-state index contributed by atoms with van der Waals surface area (Å²) in [6.45, 7) is 0. The van der Waals surface area contributed by atoms with Crippen LogP contribution in [-0.2, 0) is 6.18 Å². The zero-order chi connectivity index (χ0) is 12.2. The minimum absolute atomic E-state index is 0.199. The number of alkyl halides is 4. The van der Waals surface area contributed by atoms with E-state index in [0.29, 0.717) is 17.8 Å². The van der Waals surface area contributed by atoms with Crippen molar-refractivity contribution in [3.63, 3.8) is 0 Å². The van der Waals surface area contributed by atoms with Crippen LogP contribution in [0.2, 0.25) is 0 Å². The standard InChI is InChI=1S/C11H7BrF4/c12-6-2-1-3-8-4-5-9(13)7-10(8)11(14,15)16/h4-5,7H,2,6H2. The third-order valence-corrected chi connectivity index (χ3v) is 2.13. The van der Waals surface area contributed by atoms with Crippen molar-refractivity contribution in [3.8, 4) is 11.8 Å². The molecule has 0 unspecified atom stereocenters. The van der Waals surface area contributed by atoms with Crippen LogP contribution in [0.15, 0.2) is 18.2 Å². The highest BCUT2D eigenvalue weighted by molar-refractivity contribution is 9.09. The van der Waals surface area contributed by atoms with Gasteiger partial charge in [0.25, 0.3) is 0 Å². The summed E-state index contributed by atoms with van der Waals surface area (Å²) in [6.07, 6.45) is -4.14. The van der Waals surface area contributed by atoms with Gasteiger partial charge in [0.2, 0.25) is 0 Å². The first kappa shape index (κ1) is 13.0. The molecule has 5 heteroatoms. The van der Waals surface area contributed by atoms with Crippen molar-refractivity contribution in [2.24, 2.45) is 0 Å². The van der Waals surface area contributed by atoms with Crippen LogP contribution < -0.4 is 0 Å². The molecule has 16 heavy (non-hydrogen) atoms. The first-order valence-corrected chi connectivity index (χ1v) is 5.49. The van der Waals surface area contributed by atoms with Gasteiger partial charge in [0.1, 0.15) is 5.82 Å². The Bertz CT molecular complexity index is 426. The second kappa shape index (κ2) is 5.35. The van der Waals surface area contributed by atoms with Crippen molar-refractivity contribution < 1.29 is 17.6 Å². The molecule has 0 heterocycles. The van der Waals surface area contributed by atoms with Gasteiger partial charge in [0.15, 0.2) is 0 Å². The predicted molar refractivity (Wildman–Crippen MR) is 56.7 cm³/mol. The summed E-state index contributed by atoms with van der Waals surface area (Å²) in [4.78, 5) is 0. The average molecular weight is 295 g/mol. The molecule has 0 aromatic heterocycles. The molecule has 0 bridgehead atoms. The number of halogens is 5. The minimum Gasteiger partial charge on any atom is -0.207 e. The van der Waals surface area contributed by atoms with Gasteiger partial charge in [-0.3, -0.25) is 0 Å². The average Bonchev–Trinajstić information content (AvgIpc) is 2.19. The summed E-state index contributed by atoms with van der Waals surface area (Å²) in [5.74, 6) is 4.03. The van der Waals surface area contributed by atoms with Gasteiger partial charge in [-0.1, -0.05) is 27.8 Å². The Kier molecular flexibility index (Phi) is 4.36. The molecule has 0 aliphatic rings. The third kappa shape index (κ3) is 3.53. The molecule has 0 amide bonds. The van der Waals surface area contributed by atoms with Crippen LogP contribution >= 0.6 is 15.9 Å². The fraction of sp³-hybridized carbons (Fsp3) is 0.273. The second-order valence-electron chi connectivity index (χ2n) is 2.93. The van der Waals surface area contributed by atoms with E-state index in [0.717, 1.165) is 12.1 Å². The third-order valence-electron chi connectivity index (χ3n) is 1.73. The number of rotatable bonds is 1. The van der Waals surface area contributed by atoms with Gasteiger partial charge in [0.05, 0.1) is 5.56 Å². The van der Waals surface area contributed by atoms with E-state index in [9.17, 15) is 17.6 Å². The molecule has 1 rings (SSSR count). The Morgan fingerprint density at radius 2 is 1.94 bits per heavy atom. The van der Waals surface area contributed by atoms with Gasteiger partial charge in [-0.15, -0.1) is 0 Å². The smallest absolute Gasteiger partial charge is 0.207 e. The maximum Gasteiger partial charge on any atom is 0.417 e. The van der Waals surface area contributed by atoms with Crippen molar-refractivity contribution >= 4 is 15.9 Å². The summed E-state index contributed by atoms with van der Waals surface area (Å²) in [5, 5.41) is 0.586. The van der Waals surface area contributed by atoms with Crippen LogP contribution in [0.3, 0.4) is 0 Å². The summed E-state index contributed by atoms with van der Waals surface area (Å²) in [7, 11) is 0. The maximum absolute atomic E-state index is 12.7.